The fraction of sp³-hybridized carbons (Fsp3) is 0.521. The number of carbonyl (C=O) groups is 3. The molecular weight excluding hydrogens is 941 g/mol. The number of aromatic nitrogens is 2. The van der Waals surface area contributed by atoms with E-state index in [9.17, 15) is 32.6 Å². The number of amides is 1. The van der Waals surface area contributed by atoms with E-state index in [-0.39, 0.29) is 43.9 Å². The monoisotopic (exact) mass is 996 g/mol. The van der Waals surface area contributed by atoms with Crippen LogP contribution in [0.25, 0.3) is 22.3 Å². The van der Waals surface area contributed by atoms with E-state index in [0.717, 1.165) is 55.8 Å². The Morgan fingerprint density at radius 3 is 2.52 bits per heavy atom. The number of carbonyl (C=O) groups excluding carboxylic acids is 3. The van der Waals surface area contributed by atoms with Crippen molar-refractivity contribution in [3.05, 3.63) is 75.6 Å². The highest BCUT2D eigenvalue weighted by Crippen LogP contribution is 2.74. The number of hydrogen-bond donors (Lipinski definition) is 2. The number of anilines is 1. The molecule has 12 nitrogen and oxygen atoms in total. The maximum atomic E-state index is 15.0. The average Bonchev–Trinajstić information content (AvgIpc) is 3.68. The third-order valence-corrected chi connectivity index (χ3v) is 17.7. The molecular formula is C48H56BrF2N4O8PS. The molecule has 65 heavy (non-hydrogen) atoms. The Hall–Kier alpha value is -4.24. The van der Waals surface area contributed by atoms with Gasteiger partial charge in [0.15, 0.2) is 10.9 Å². The molecule has 2 saturated carbocycles. The molecule has 17 heteroatoms. The Kier molecular flexibility index (Phi) is 14.5. The Bertz CT molecular complexity index is 2500. The summed E-state index contributed by atoms with van der Waals surface area (Å²) in [6, 6.07) is 7.77. The van der Waals surface area contributed by atoms with E-state index < -0.39 is 78.0 Å². The van der Waals surface area contributed by atoms with Gasteiger partial charge < -0.3 is 29.3 Å². The van der Waals surface area contributed by atoms with Gasteiger partial charge in [0.05, 0.1) is 53.1 Å². The predicted octanol–water partition coefficient (Wildman–Crippen LogP) is 10.8. The molecule has 6 atom stereocenters. The van der Waals surface area contributed by atoms with E-state index in [1.165, 1.54) is 22.3 Å². The standard InChI is InChI=1S/C48H56BrF2N4O8PS/c1-28(2)52-47-54-38(27-65-47)37-22-42(33-18-19-41(61-3)44(49)45(33)53-37)62-32-21-39-40(56)24-48(64(59,60)26-34-35(50)16-11-17-36(34)51)23-30(48)13-8-6-4-5-7-12-29(46(58)55(39)25-32)20-43(57)63-31-14-9-10-15-31/h8,11,13,16-19,22,27-32,39H,4-7,9-10,12,14-15,20-21,23-26H2,1-3H3,(H,52,54)(H,59,60)/b13-8-/t29-,30-,32-,39+,48-/m1/s1. The van der Waals surface area contributed by atoms with Crippen LogP contribution in [-0.2, 0) is 29.8 Å². The molecule has 4 aromatic rings. The van der Waals surface area contributed by atoms with Gasteiger partial charge in [-0.3, -0.25) is 18.9 Å². The second-order valence-electron chi connectivity index (χ2n) is 18.3. The van der Waals surface area contributed by atoms with Crippen LogP contribution in [0.4, 0.5) is 13.9 Å². The van der Waals surface area contributed by atoms with E-state index in [0.29, 0.717) is 57.5 Å². The first kappa shape index (κ1) is 47.3. The summed E-state index contributed by atoms with van der Waals surface area (Å²) in [5.74, 6) is -3.43. The number of methoxy groups -OCH3 is 1. The minimum absolute atomic E-state index is 0.00734. The lowest BCUT2D eigenvalue weighted by Gasteiger charge is -2.30. The fourth-order valence-corrected chi connectivity index (χ4v) is 13.7. The summed E-state index contributed by atoms with van der Waals surface area (Å²) >= 11 is 5.12. The van der Waals surface area contributed by atoms with Crippen molar-refractivity contribution >= 4 is 68.3 Å². The predicted molar refractivity (Wildman–Crippen MR) is 249 cm³/mol. The van der Waals surface area contributed by atoms with Crippen molar-refractivity contribution in [3.8, 4) is 22.9 Å². The van der Waals surface area contributed by atoms with Gasteiger partial charge in [-0.2, -0.15) is 0 Å². The van der Waals surface area contributed by atoms with E-state index in [2.05, 4.69) is 21.2 Å². The summed E-state index contributed by atoms with van der Waals surface area (Å²) in [4.78, 5) is 66.5. The third kappa shape index (κ3) is 10.4. The Morgan fingerprint density at radius 1 is 1.03 bits per heavy atom. The molecule has 2 aromatic carbocycles. The van der Waals surface area contributed by atoms with E-state index in [4.69, 9.17) is 24.2 Å². The van der Waals surface area contributed by atoms with Gasteiger partial charge >= 0.3 is 5.97 Å². The molecule has 4 aliphatic rings. The van der Waals surface area contributed by atoms with Crippen LogP contribution in [0.3, 0.4) is 0 Å². The molecule has 0 radical (unpaired) electrons. The molecule has 1 saturated heterocycles. The van der Waals surface area contributed by atoms with Crippen LogP contribution in [0.2, 0.25) is 0 Å². The molecule has 0 bridgehead atoms. The maximum Gasteiger partial charge on any atom is 0.306 e. The Balaban J connectivity index is 1.15. The van der Waals surface area contributed by atoms with Crippen molar-refractivity contribution < 1.29 is 46.8 Å². The van der Waals surface area contributed by atoms with Gasteiger partial charge in [0.25, 0.3) is 0 Å². The Morgan fingerprint density at radius 2 is 1.78 bits per heavy atom. The number of hydrogen-bond acceptors (Lipinski definition) is 11. The number of pyridine rings is 1. The lowest BCUT2D eigenvalue weighted by Crippen LogP contribution is -2.45. The number of allylic oxidation sites excluding steroid dienone is 2. The number of benzene rings is 2. The van der Waals surface area contributed by atoms with Gasteiger partial charge in [0.1, 0.15) is 41.0 Å². The number of Topliss-reactive ketones (excluding diaryl/α,β-unsaturated/α-hetero) is 1. The highest BCUT2D eigenvalue weighted by molar-refractivity contribution is 9.10. The second kappa shape index (κ2) is 19.9. The summed E-state index contributed by atoms with van der Waals surface area (Å²) in [6.45, 7) is 4.04. The molecule has 348 valence electrons. The SMILES string of the molecule is COc1ccc2c(O[C@@H]3C[C@H]4C(=O)C[C@]5(P(=O)(O)Cc6c(F)cccc6F)C[C@H]5/C=C\CCCCC[C@H](CC(=O)OC5CCCC5)C(=O)N4C3)cc(-c3csc(NC(C)C)n3)nc2c1Br. The van der Waals surface area contributed by atoms with Crippen LogP contribution in [0.5, 0.6) is 11.5 Å². The van der Waals surface area contributed by atoms with Crippen molar-refractivity contribution in [2.24, 2.45) is 11.8 Å². The van der Waals surface area contributed by atoms with Crippen LogP contribution in [0, 0.1) is 23.5 Å². The number of thiazole rings is 1. The highest BCUT2D eigenvalue weighted by atomic mass is 79.9. The zero-order valence-electron chi connectivity index (χ0n) is 36.9. The quantitative estimate of drug-likeness (QED) is 0.0791. The van der Waals surface area contributed by atoms with Crippen molar-refractivity contribution in [2.45, 2.75) is 133 Å². The molecule has 8 rings (SSSR count). The number of nitrogens with one attached hydrogen (secondary N) is 1. The molecule has 2 aromatic heterocycles. The molecule has 1 unspecified atom stereocenters. The van der Waals surface area contributed by atoms with Crippen LogP contribution >= 0.6 is 34.6 Å². The molecule has 2 aliphatic heterocycles. The fourth-order valence-electron chi connectivity index (χ4n) is 9.76. The minimum Gasteiger partial charge on any atom is -0.495 e. The van der Waals surface area contributed by atoms with Crippen LogP contribution in [0.1, 0.15) is 103 Å². The number of ketones is 1. The zero-order chi connectivity index (χ0) is 46.0. The van der Waals surface area contributed by atoms with Crippen molar-refractivity contribution in [2.75, 3.05) is 19.0 Å². The first-order valence-electron chi connectivity index (χ1n) is 22.7. The van der Waals surface area contributed by atoms with Gasteiger partial charge in [-0.25, -0.2) is 18.7 Å². The lowest BCUT2D eigenvalue weighted by molar-refractivity contribution is -0.154. The van der Waals surface area contributed by atoms with Crippen molar-refractivity contribution in [3.63, 3.8) is 0 Å². The Labute approximate surface area is 390 Å². The second-order valence-corrected chi connectivity index (χ2v) is 22.5. The van der Waals surface area contributed by atoms with Gasteiger partial charge in [0, 0.05) is 47.2 Å². The van der Waals surface area contributed by atoms with Crippen LogP contribution in [-0.4, -0.2) is 80.5 Å². The van der Waals surface area contributed by atoms with E-state index in [1.807, 2.05) is 37.4 Å². The molecule has 2 N–H and O–H groups in total. The first-order valence-corrected chi connectivity index (χ1v) is 26.2. The number of ether oxygens (including phenoxy) is 3. The van der Waals surface area contributed by atoms with Crippen LogP contribution in [0.15, 0.2) is 58.4 Å². The third-order valence-electron chi connectivity index (χ3n) is 13.3. The van der Waals surface area contributed by atoms with Gasteiger partial charge in [-0.05, 0) is 111 Å². The smallest absolute Gasteiger partial charge is 0.306 e. The summed E-state index contributed by atoms with van der Waals surface area (Å²) in [5.41, 5.74) is 1.18. The largest absolute Gasteiger partial charge is 0.495 e. The summed E-state index contributed by atoms with van der Waals surface area (Å²) in [5, 5.41) is 5.09. The lowest BCUT2D eigenvalue weighted by atomic mass is 9.94. The van der Waals surface area contributed by atoms with E-state index >= 15 is 0 Å². The molecule has 2 aliphatic carbocycles. The molecule has 0 spiro atoms. The number of halogens is 3. The van der Waals surface area contributed by atoms with Gasteiger partial charge in [-0.15, -0.1) is 11.3 Å². The molecule has 1 amide bonds. The summed E-state index contributed by atoms with van der Waals surface area (Å²) < 4.78 is 63.5. The molecule has 3 fully saturated rings. The first-order chi connectivity index (χ1) is 31.2. The number of esters is 1. The highest BCUT2D eigenvalue weighted by Gasteiger charge is 2.65. The number of nitrogens with zero attached hydrogens (tertiary/aromatic N) is 3. The minimum atomic E-state index is -4.48. The number of fused-ring (bicyclic) bond motifs is 3. The van der Waals surface area contributed by atoms with Crippen molar-refractivity contribution in [1.82, 2.24) is 14.9 Å². The summed E-state index contributed by atoms with van der Waals surface area (Å²) in [7, 11) is -2.92. The van der Waals surface area contributed by atoms with Crippen LogP contribution < -0.4 is 14.8 Å². The van der Waals surface area contributed by atoms with Gasteiger partial charge in [0.2, 0.25) is 13.3 Å². The topological polar surface area (TPSA) is 157 Å². The normalized spacial score (nSPS) is 25.6. The maximum absolute atomic E-state index is 15.0. The van der Waals surface area contributed by atoms with Gasteiger partial charge in [-0.1, -0.05) is 31.1 Å². The average molecular weight is 998 g/mol. The molecule has 4 heterocycles. The zero-order valence-corrected chi connectivity index (χ0v) is 40.2. The van der Waals surface area contributed by atoms with E-state index in [1.54, 1.807) is 19.2 Å². The van der Waals surface area contributed by atoms with Crippen molar-refractivity contribution in [1.29, 1.82) is 0 Å². The summed E-state index contributed by atoms with van der Waals surface area (Å²) in [6.07, 6.45) is 8.62. The number of rotatable bonds is 12.